The molecule has 0 spiro atoms. The fourth-order valence-electron chi connectivity index (χ4n) is 3.31. The number of carbonyl (C=O) groups is 1. The molecule has 2 fully saturated rings. The molecule has 20 heavy (non-hydrogen) atoms. The summed E-state index contributed by atoms with van der Waals surface area (Å²) in [7, 11) is 0. The number of piperidine rings is 1. The molecule has 1 saturated carbocycles. The van der Waals surface area contributed by atoms with E-state index in [2.05, 4.69) is 41.8 Å². The fraction of sp³-hybridized carbons (Fsp3) is 0.588. The second-order valence-corrected chi connectivity index (χ2v) is 6.26. The van der Waals surface area contributed by atoms with Crippen LogP contribution in [0.4, 0.5) is 0 Å². The van der Waals surface area contributed by atoms with Crippen molar-refractivity contribution in [2.45, 2.75) is 32.1 Å². The third-order valence-corrected chi connectivity index (χ3v) is 4.68. The van der Waals surface area contributed by atoms with Crippen LogP contribution in [0.25, 0.3) is 0 Å². The number of rotatable bonds is 4. The standard InChI is InChI=1S/C17H24N2O/c1-12-5-2-3-7-14(12)15-9-16(15)17(20)19-11-13-6-4-8-18-10-13/h2-3,5,7,13,15-16,18H,4,6,8-11H2,1H3,(H,19,20). The molecule has 2 aliphatic rings. The van der Waals surface area contributed by atoms with Crippen LogP contribution in [0.1, 0.15) is 36.3 Å². The molecule has 1 aliphatic carbocycles. The Hall–Kier alpha value is -1.35. The van der Waals surface area contributed by atoms with Crippen molar-refractivity contribution in [3.63, 3.8) is 0 Å². The molecule has 1 heterocycles. The first kappa shape index (κ1) is 13.6. The van der Waals surface area contributed by atoms with Crippen molar-refractivity contribution < 1.29 is 4.79 Å². The lowest BCUT2D eigenvalue weighted by molar-refractivity contribution is -0.122. The second-order valence-electron chi connectivity index (χ2n) is 6.26. The van der Waals surface area contributed by atoms with E-state index in [1.165, 1.54) is 24.0 Å². The highest BCUT2D eigenvalue weighted by Crippen LogP contribution is 2.48. The molecule has 2 N–H and O–H groups in total. The van der Waals surface area contributed by atoms with Crippen molar-refractivity contribution >= 4 is 5.91 Å². The predicted octanol–water partition coefficient (Wildman–Crippen LogP) is 2.21. The number of carbonyl (C=O) groups excluding carboxylic acids is 1. The summed E-state index contributed by atoms with van der Waals surface area (Å²) in [4.78, 5) is 12.2. The summed E-state index contributed by atoms with van der Waals surface area (Å²) < 4.78 is 0. The monoisotopic (exact) mass is 272 g/mol. The van der Waals surface area contributed by atoms with E-state index in [9.17, 15) is 4.79 Å². The average Bonchev–Trinajstić information content (AvgIpc) is 3.27. The highest BCUT2D eigenvalue weighted by atomic mass is 16.2. The predicted molar refractivity (Wildman–Crippen MR) is 80.6 cm³/mol. The normalized spacial score (nSPS) is 28.9. The fourth-order valence-corrected chi connectivity index (χ4v) is 3.31. The van der Waals surface area contributed by atoms with E-state index in [4.69, 9.17) is 0 Å². The molecule has 1 saturated heterocycles. The molecule has 3 heteroatoms. The lowest BCUT2D eigenvalue weighted by Gasteiger charge is -2.22. The number of aryl methyl sites for hydroxylation is 1. The minimum absolute atomic E-state index is 0.202. The van der Waals surface area contributed by atoms with Gasteiger partial charge in [-0.1, -0.05) is 24.3 Å². The van der Waals surface area contributed by atoms with Crippen LogP contribution < -0.4 is 10.6 Å². The van der Waals surface area contributed by atoms with Gasteiger partial charge < -0.3 is 10.6 Å². The average molecular weight is 272 g/mol. The quantitative estimate of drug-likeness (QED) is 0.882. The van der Waals surface area contributed by atoms with Gasteiger partial charge in [-0.25, -0.2) is 0 Å². The van der Waals surface area contributed by atoms with Crippen LogP contribution in [0.3, 0.4) is 0 Å². The Morgan fingerprint density at radius 1 is 1.40 bits per heavy atom. The topological polar surface area (TPSA) is 41.1 Å². The number of nitrogens with one attached hydrogen (secondary N) is 2. The smallest absolute Gasteiger partial charge is 0.223 e. The van der Waals surface area contributed by atoms with Crippen molar-refractivity contribution in [2.24, 2.45) is 11.8 Å². The van der Waals surface area contributed by atoms with Crippen LogP contribution in [0.2, 0.25) is 0 Å². The highest BCUT2D eigenvalue weighted by molar-refractivity contribution is 5.83. The van der Waals surface area contributed by atoms with Crippen LogP contribution >= 0.6 is 0 Å². The molecule has 1 aromatic carbocycles. The van der Waals surface area contributed by atoms with E-state index in [0.29, 0.717) is 11.8 Å². The first-order valence-electron chi connectivity index (χ1n) is 7.79. The third-order valence-electron chi connectivity index (χ3n) is 4.68. The van der Waals surface area contributed by atoms with Crippen LogP contribution in [0.15, 0.2) is 24.3 Å². The summed E-state index contributed by atoms with van der Waals surface area (Å²) in [5.41, 5.74) is 2.66. The van der Waals surface area contributed by atoms with Crippen molar-refractivity contribution in [2.75, 3.05) is 19.6 Å². The maximum atomic E-state index is 12.2. The number of benzene rings is 1. The summed E-state index contributed by atoms with van der Waals surface area (Å²) in [6, 6.07) is 8.43. The Morgan fingerprint density at radius 3 is 3.00 bits per heavy atom. The summed E-state index contributed by atoms with van der Waals surface area (Å²) >= 11 is 0. The van der Waals surface area contributed by atoms with Gasteiger partial charge in [-0.05, 0) is 62.2 Å². The molecule has 0 aromatic heterocycles. The first-order valence-corrected chi connectivity index (χ1v) is 7.79. The molecule has 3 atom stereocenters. The number of amides is 1. The van der Waals surface area contributed by atoms with Gasteiger partial charge in [0.1, 0.15) is 0 Å². The molecule has 3 rings (SSSR count). The van der Waals surface area contributed by atoms with Crippen LogP contribution in [-0.4, -0.2) is 25.5 Å². The maximum absolute atomic E-state index is 12.2. The van der Waals surface area contributed by atoms with E-state index in [1.807, 2.05) is 0 Å². The molecule has 1 aromatic rings. The zero-order valence-corrected chi connectivity index (χ0v) is 12.2. The molecule has 0 bridgehead atoms. The SMILES string of the molecule is Cc1ccccc1C1CC1C(=O)NCC1CCCNC1. The van der Waals surface area contributed by atoms with Gasteiger partial charge in [-0.15, -0.1) is 0 Å². The van der Waals surface area contributed by atoms with Gasteiger partial charge in [0.15, 0.2) is 0 Å². The Bertz CT molecular complexity index is 480. The van der Waals surface area contributed by atoms with Gasteiger partial charge in [0.25, 0.3) is 0 Å². The molecule has 3 nitrogen and oxygen atoms in total. The summed E-state index contributed by atoms with van der Waals surface area (Å²) in [5.74, 6) is 1.51. The molecule has 1 amide bonds. The van der Waals surface area contributed by atoms with E-state index >= 15 is 0 Å². The minimum Gasteiger partial charge on any atom is -0.356 e. The first-order chi connectivity index (χ1) is 9.75. The molecule has 0 radical (unpaired) electrons. The molecular formula is C17H24N2O. The second kappa shape index (κ2) is 5.96. The highest BCUT2D eigenvalue weighted by Gasteiger charge is 2.44. The van der Waals surface area contributed by atoms with Crippen molar-refractivity contribution in [3.05, 3.63) is 35.4 Å². The van der Waals surface area contributed by atoms with E-state index in [-0.39, 0.29) is 11.8 Å². The van der Waals surface area contributed by atoms with Crippen LogP contribution in [0.5, 0.6) is 0 Å². The Labute approximate surface area is 121 Å². The van der Waals surface area contributed by atoms with Crippen molar-refractivity contribution in [1.82, 2.24) is 10.6 Å². The number of hydrogen-bond donors (Lipinski definition) is 2. The van der Waals surface area contributed by atoms with E-state index in [0.717, 1.165) is 26.1 Å². The molecule has 1 aliphatic heterocycles. The van der Waals surface area contributed by atoms with Gasteiger partial charge >= 0.3 is 0 Å². The number of hydrogen-bond acceptors (Lipinski definition) is 2. The van der Waals surface area contributed by atoms with E-state index in [1.54, 1.807) is 0 Å². The summed E-state index contributed by atoms with van der Waals surface area (Å²) in [6.45, 7) is 5.15. The maximum Gasteiger partial charge on any atom is 0.223 e. The largest absolute Gasteiger partial charge is 0.356 e. The van der Waals surface area contributed by atoms with Gasteiger partial charge in [0.2, 0.25) is 5.91 Å². The zero-order chi connectivity index (χ0) is 13.9. The van der Waals surface area contributed by atoms with Gasteiger partial charge in [0, 0.05) is 12.5 Å². The van der Waals surface area contributed by atoms with E-state index < -0.39 is 0 Å². The van der Waals surface area contributed by atoms with Crippen molar-refractivity contribution in [3.8, 4) is 0 Å². The summed E-state index contributed by atoms with van der Waals surface area (Å²) in [5, 5.41) is 6.55. The molecule has 108 valence electrons. The minimum atomic E-state index is 0.202. The Morgan fingerprint density at radius 2 is 2.25 bits per heavy atom. The lowest BCUT2D eigenvalue weighted by Crippen LogP contribution is -2.38. The lowest BCUT2D eigenvalue weighted by atomic mass is 9.99. The zero-order valence-electron chi connectivity index (χ0n) is 12.2. The van der Waals surface area contributed by atoms with Gasteiger partial charge in [-0.2, -0.15) is 0 Å². The van der Waals surface area contributed by atoms with Gasteiger partial charge in [-0.3, -0.25) is 4.79 Å². The third kappa shape index (κ3) is 3.04. The summed E-state index contributed by atoms with van der Waals surface area (Å²) in [6.07, 6.45) is 3.48. The van der Waals surface area contributed by atoms with Gasteiger partial charge in [0.05, 0.1) is 0 Å². The van der Waals surface area contributed by atoms with Crippen LogP contribution in [0, 0.1) is 18.8 Å². The van der Waals surface area contributed by atoms with Crippen LogP contribution in [-0.2, 0) is 4.79 Å². The molecule has 3 unspecified atom stereocenters. The molecular weight excluding hydrogens is 248 g/mol. The Balaban J connectivity index is 1.49. The Kier molecular flexibility index (Phi) is 4.06. The van der Waals surface area contributed by atoms with Crippen molar-refractivity contribution in [1.29, 1.82) is 0 Å².